The first-order valence-corrected chi connectivity index (χ1v) is 3.29. The van der Waals surface area contributed by atoms with Crippen molar-refractivity contribution in [2.45, 2.75) is 26.9 Å². The molecule has 56 valence electrons. The summed E-state index contributed by atoms with van der Waals surface area (Å²) in [6.07, 6.45) is 0.734. The van der Waals surface area contributed by atoms with Crippen LogP contribution in [-0.4, -0.2) is 11.2 Å². The topological polar surface area (TPSA) is 20.2 Å². The number of hydrogen-bond donors (Lipinski definition) is 1. The van der Waals surface area contributed by atoms with Crippen molar-refractivity contribution in [2.24, 2.45) is 5.41 Å². The highest BCUT2D eigenvalue weighted by atomic mass is 16.3. The molecular weight excluding hydrogens is 124 g/mol. The lowest BCUT2D eigenvalue weighted by Crippen LogP contribution is -2.03. The Balaban J connectivity index is 4.03. The first kappa shape index (κ1) is 9.26. The van der Waals surface area contributed by atoms with Gasteiger partial charge in [-0.25, -0.2) is 0 Å². The van der Waals surface area contributed by atoms with Crippen LogP contribution in [0.1, 0.15) is 20.8 Å². The maximum atomic E-state index is 8.93. The van der Waals surface area contributed by atoms with Gasteiger partial charge in [0.25, 0.3) is 0 Å². The molecule has 0 aliphatic rings. The SMILES string of the molecule is C=C[C@@H](O)C#CC(C)(C)C. The second-order valence-corrected chi connectivity index (χ2v) is 3.20. The van der Waals surface area contributed by atoms with Crippen LogP contribution >= 0.6 is 0 Å². The van der Waals surface area contributed by atoms with Crippen LogP contribution in [0.3, 0.4) is 0 Å². The molecule has 0 unspecified atom stereocenters. The van der Waals surface area contributed by atoms with Crippen LogP contribution in [0.5, 0.6) is 0 Å². The van der Waals surface area contributed by atoms with Gasteiger partial charge in [-0.05, 0) is 20.8 Å². The molecule has 10 heavy (non-hydrogen) atoms. The lowest BCUT2D eigenvalue weighted by atomic mass is 9.98. The van der Waals surface area contributed by atoms with Gasteiger partial charge >= 0.3 is 0 Å². The van der Waals surface area contributed by atoms with Crippen molar-refractivity contribution in [3.8, 4) is 11.8 Å². The molecule has 1 heteroatoms. The van der Waals surface area contributed by atoms with Crippen LogP contribution in [0, 0.1) is 17.3 Å². The lowest BCUT2D eigenvalue weighted by molar-refractivity contribution is 0.280. The molecule has 0 heterocycles. The predicted octanol–water partition coefficient (Wildman–Crippen LogP) is 1.58. The van der Waals surface area contributed by atoms with E-state index in [9.17, 15) is 0 Å². The molecule has 0 amide bonds. The maximum absolute atomic E-state index is 8.93. The minimum Gasteiger partial charge on any atom is -0.377 e. The van der Waals surface area contributed by atoms with E-state index < -0.39 is 6.10 Å². The van der Waals surface area contributed by atoms with E-state index in [1.807, 2.05) is 20.8 Å². The smallest absolute Gasteiger partial charge is 0.133 e. The van der Waals surface area contributed by atoms with Gasteiger partial charge in [-0.1, -0.05) is 24.5 Å². The molecular formula is C9H14O. The standard InChI is InChI=1S/C9H14O/c1-5-8(10)6-7-9(2,3)4/h5,8,10H,1H2,2-4H3/t8-/m1/s1. The van der Waals surface area contributed by atoms with E-state index in [0.717, 1.165) is 0 Å². The van der Waals surface area contributed by atoms with Crippen molar-refractivity contribution in [1.29, 1.82) is 0 Å². The summed E-state index contributed by atoms with van der Waals surface area (Å²) in [5.41, 5.74) is -0.0377. The van der Waals surface area contributed by atoms with E-state index in [2.05, 4.69) is 18.4 Å². The third-order valence-electron chi connectivity index (χ3n) is 0.818. The van der Waals surface area contributed by atoms with Crippen LogP contribution in [0.2, 0.25) is 0 Å². The highest BCUT2D eigenvalue weighted by Gasteiger charge is 2.03. The monoisotopic (exact) mass is 138 g/mol. The van der Waals surface area contributed by atoms with Gasteiger partial charge in [0.2, 0.25) is 0 Å². The van der Waals surface area contributed by atoms with Crippen LogP contribution in [-0.2, 0) is 0 Å². The van der Waals surface area contributed by atoms with Gasteiger partial charge < -0.3 is 5.11 Å². The average Bonchev–Trinajstić information content (AvgIpc) is 1.81. The summed E-state index contributed by atoms with van der Waals surface area (Å²) in [7, 11) is 0. The molecule has 0 aromatic rings. The molecule has 0 bridgehead atoms. The number of hydrogen-bond acceptors (Lipinski definition) is 1. The van der Waals surface area contributed by atoms with Crippen LogP contribution in [0.15, 0.2) is 12.7 Å². The van der Waals surface area contributed by atoms with Crippen molar-refractivity contribution in [1.82, 2.24) is 0 Å². The third kappa shape index (κ3) is 5.40. The number of aliphatic hydroxyl groups excluding tert-OH is 1. The van der Waals surface area contributed by atoms with Gasteiger partial charge in [-0.15, -0.1) is 0 Å². The molecule has 0 aromatic heterocycles. The molecule has 1 nitrogen and oxygen atoms in total. The molecule has 0 aliphatic heterocycles. The molecule has 0 aromatic carbocycles. The fourth-order valence-corrected chi connectivity index (χ4v) is 0.349. The third-order valence-corrected chi connectivity index (χ3v) is 0.818. The summed E-state index contributed by atoms with van der Waals surface area (Å²) < 4.78 is 0. The van der Waals surface area contributed by atoms with Gasteiger partial charge in [0, 0.05) is 5.41 Å². The second-order valence-electron chi connectivity index (χ2n) is 3.20. The summed E-state index contributed by atoms with van der Waals surface area (Å²) in [6, 6.07) is 0. The Kier molecular flexibility index (Phi) is 3.18. The Labute approximate surface area is 62.8 Å². The predicted molar refractivity (Wildman–Crippen MR) is 43.4 cm³/mol. The summed E-state index contributed by atoms with van der Waals surface area (Å²) in [4.78, 5) is 0. The number of rotatable bonds is 1. The summed E-state index contributed by atoms with van der Waals surface area (Å²) >= 11 is 0. The van der Waals surface area contributed by atoms with Crippen LogP contribution in [0.4, 0.5) is 0 Å². The zero-order chi connectivity index (χ0) is 8.20. The average molecular weight is 138 g/mol. The zero-order valence-corrected chi connectivity index (χ0v) is 6.81. The quantitative estimate of drug-likeness (QED) is 0.431. The molecule has 0 saturated heterocycles. The van der Waals surface area contributed by atoms with Gasteiger partial charge in [-0.2, -0.15) is 0 Å². The molecule has 0 aliphatic carbocycles. The van der Waals surface area contributed by atoms with E-state index >= 15 is 0 Å². The summed E-state index contributed by atoms with van der Waals surface area (Å²) in [5, 5.41) is 8.93. The van der Waals surface area contributed by atoms with Crippen LogP contribution < -0.4 is 0 Å². The van der Waals surface area contributed by atoms with Crippen molar-refractivity contribution in [3.05, 3.63) is 12.7 Å². The zero-order valence-electron chi connectivity index (χ0n) is 6.81. The second kappa shape index (κ2) is 3.43. The molecule has 0 rings (SSSR count). The molecule has 1 atom stereocenters. The molecule has 0 spiro atoms. The first-order chi connectivity index (χ1) is 4.45. The largest absolute Gasteiger partial charge is 0.377 e. The van der Waals surface area contributed by atoms with Gasteiger partial charge in [-0.3, -0.25) is 0 Å². The lowest BCUT2D eigenvalue weighted by Gasteiger charge is -2.07. The Morgan fingerprint density at radius 2 is 2.00 bits per heavy atom. The van der Waals surface area contributed by atoms with Crippen LogP contribution in [0.25, 0.3) is 0 Å². The Hall–Kier alpha value is -0.740. The van der Waals surface area contributed by atoms with E-state index in [1.165, 1.54) is 6.08 Å². The van der Waals surface area contributed by atoms with Gasteiger partial charge in [0.15, 0.2) is 0 Å². The van der Waals surface area contributed by atoms with Crippen molar-refractivity contribution in [3.63, 3.8) is 0 Å². The minimum absolute atomic E-state index is 0.0377. The number of aliphatic hydroxyl groups is 1. The van der Waals surface area contributed by atoms with E-state index in [-0.39, 0.29) is 5.41 Å². The van der Waals surface area contributed by atoms with Crippen molar-refractivity contribution < 1.29 is 5.11 Å². The fraction of sp³-hybridized carbons (Fsp3) is 0.556. The first-order valence-electron chi connectivity index (χ1n) is 3.29. The molecule has 0 radical (unpaired) electrons. The Morgan fingerprint density at radius 1 is 1.50 bits per heavy atom. The van der Waals surface area contributed by atoms with Crippen molar-refractivity contribution in [2.75, 3.05) is 0 Å². The normalized spacial score (nSPS) is 13.2. The van der Waals surface area contributed by atoms with Gasteiger partial charge in [0.05, 0.1) is 0 Å². The summed E-state index contributed by atoms with van der Waals surface area (Å²) in [6.45, 7) is 9.40. The highest BCUT2D eigenvalue weighted by molar-refractivity contribution is 5.14. The fourth-order valence-electron chi connectivity index (χ4n) is 0.349. The Morgan fingerprint density at radius 3 is 2.30 bits per heavy atom. The maximum Gasteiger partial charge on any atom is 0.133 e. The van der Waals surface area contributed by atoms with E-state index in [1.54, 1.807) is 0 Å². The highest BCUT2D eigenvalue weighted by Crippen LogP contribution is 2.09. The molecule has 0 fully saturated rings. The minimum atomic E-state index is -0.681. The molecule has 1 N–H and O–H groups in total. The molecule has 0 saturated carbocycles. The van der Waals surface area contributed by atoms with E-state index in [0.29, 0.717) is 0 Å². The van der Waals surface area contributed by atoms with Gasteiger partial charge in [0.1, 0.15) is 6.10 Å². The van der Waals surface area contributed by atoms with Crippen molar-refractivity contribution >= 4 is 0 Å². The summed E-state index contributed by atoms with van der Waals surface area (Å²) in [5.74, 6) is 5.56. The van der Waals surface area contributed by atoms with E-state index in [4.69, 9.17) is 5.11 Å². The Bertz CT molecular complexity index is 163.